The molecule has 0 aromatic carbocycles. The molecule has 5 heteroatoms. The summed E-state index contributed by atoms with van der Waals surface area (Å²) in [5.74, 6) is 1.04. The lowest BCUT2D eigenvalue weighted by molar-refractivity contribution is -0.115. The van der Waals surface area contributed by atoms with Gasteiger partial charge in [0.1, 0.15) is 5.69 Å². The van der Waals surface area contributed by atoms with Crippen molar-refractivity contribution >= 4 is 17.4 Å². The number of fused-ring (bicyclic) bond motifs is 1. The number of carbonyl (C=O) groups is 1. The van der Waals surface area contributed by atoms with E-state index in [1.807, 2.05) is 23.7 Å². The topological polar surface area (TPSA) is 50.2 Å². The van der Waals surface area contributed by atoms with Gasteiger partial charge in [0.25, 0.3) is 0 Å². The number of aryl methyl sites for hydroxylation is 2. The van der Waals surface area contributed by atoms with Gasteiger partial charge in [-0.15, -0.1) is 0 Å². The van der Waals surface area contributed by atoms with Crippen LogP contribution in [0.1, 0.15) is 19.0 Å². The Kier molecular flexibility index (Phi) is 2.38. The maximum Gasteiger partial charge on any atom is 0.244 e. The maximum atomic E-state index is 11.4. The van der Waals surface area contributed by atoms with Crippen LogP contribution >= 0.6 is 0 Å². The van der Waals surface area contributed by atoms with E-state index in [4.69, 9.17) is 0 Å². The zero-order chi connectivity index (χ0) is 11.0. The quantitative estimate of drug-likeness (QED) is 0.780. The number of amides is 1. The molecule has 0 saturated heterocycles. The minimum atomic E-state index is 0.0374. The highest BCUT2D eigenvalue weighted by Crippen LogP contribution is 2.31. The van der Waals surface area contributed by atoms with Crippen molar-refractivity contribution in [3.63, 3.8) is 0 Å². The highest BCUT2D eigenvalue weighted by atomic mass is 16.2. The molecule has 1 aliphatic rings. The van der Waals surface area contributed by atoms with Crippen molar-refractivity contribution in [3.8, 4) is 0 Å². The van der Waals surface area contributed by atoms with E-state index in [-0.39, 0.29) is 5.91 Å². The SMILES string of the molecule is CCCc1nn(C)c2c1NC(=O)CN2C. The minimum absolute atomic E-state index is 0.0374. The molecule has 82 valence electrons. The van der Waals surface area contributed by atoms with Crippen LogP contribution in [0.5, 0.6) is 0 Å². The summed E-state index contributed by atoms with van der Waals surface area (Å²) in [7, 11) is 3.82. The van der Waals surface area contributed by atoms with Gasteiger partial charge in [0.05, 0.1) is 12.2 Å². The molecule has 15 heavy (non-hydrogen) atoms. The Morgan fingerprint density at radius 1 is 1.47 bits per heavy atom. The van der Waals surface area contributed by atoms with E-state index < -0.39 is 0 Å². The molecule has 1 aliphatic heterocycles. The Bertz CT molecular complexity index is 396. The molecule has 1 aromatic heterocycles. The Hall–Kier alpha value is -1.52. The maximum absolute atomic E-state index is 11.4. The number of nitrogens with zero attached hydrogens (tertiary/aromatic N) is 3. The third-order valence-corrected chi connectivity index (χ3v) is 2.58. The predicted molar refractivity (Wildman–Crippen MR) is 59.1 cm³/mol. The zero-order valence-electron chi connectivity index (χ0n) is 9.37. The van der Waals surface area contributed by atoms with E-state index in [9.17, 15) is 4.79 Å². The summed E-state index contributed by atoms with van der Waals surface area (Å²) in [6.07, 6.45) is 1.93. The monoisotopic (exact) mass is 208 g/mol. The van der Waals surface area contributed by atoms with Crippen LogP contribution < -0.4 is 10.2 Å². The number of rotatable bonds is 2. The van der Waals surface area contributed by atoms with E-state index in [0.717, 1.165) is 30.0 Å². The van der Waals surface area contributed by atoms with E-state index in [0.29, 0.717) is 6.54 Å². The molecule has 1 aromatic rings. The molecule has 2 rings (SSSR count). The Morgan fingerprint density at radius 3 is 2.87 bits per heavy atom. The van der Waals surface area contributed by atoms with Crippen molar-refractivity contribution in [2.24, 2.45) is 7.05 Å². The zero-order valence-corrected chi connectivity index (χ0v) is 9.37. The highest BCUT2D eigenvalue weighted by Gasteiger charge is 2.26. The standard InChI is InChI=1S/C10H16N4O/c1-4-5-7-9-10(14(3)12-7)13(2)6-8(15)11-9/h4-6H2,1-3H3,(H,11,15). The molecule has 0 saturated carbocycles. The van der Waals surface area contributed by atoms with Crippen LogP contribution in [0.3, 0.4) is 0 Å². The number of carbonyl (C=O) groups excluding carboxylic acids is 1. The van der Waals surface area contributed by atoms with Crippen LogP contribution in [0.15, 0.2) is 0 Å². The fourth-order valence-corrected chi connectivity index (χ4v) is 2.02. The summed E-state index contributed by atoms with van der Waals surface area (Å²) in [4.78, 5) is 13.3. The van der Waals surface area contributed by atoms with Crippen molar-refractivity contribution in [3.05, 3.63) is 5.69 Å². The van der Waals surface area contributed by atoms with Gasteiger partial charge < -0.3 is 10.2 Å². The molecule has 0 spiro atoms. The van der Waals surface area contributed by atoms with Gasteiger partial charge in [-0.2, -0.15) is 5.10 Å². The molecule has 0 unspecified atom stereocenters. The van der Waals surface area contributed by atoms with Crippen molar-refractivity contribution < 1.29 is 4.79 Å². The minimum Gasteiger partial charge on any atom is -0.349 e. The molecular weight excluding hydrogens is 192 g/mol. The highest BCUT2D eigenvalue weighted by molar-refractivity contribution is 6.01. The van der Waals surface area contributed by atoms with E-state index in [1.165, 1.54) is 0 Å². The van der Waals surface area contributed by atoms with Crippen molar-refractivity contribution in [2.45, 2.75) is 19.8 Å². The number of nitrogens with one attached hydrogen (secondary N) is 1. The van der Waals surface area contributed by atoms with Gasteiger partial charge in [-0.05, 0) is 6.42 Å². The van der Waals surface area contributed by atoms with Crippen LogP contribution in [0.25, 0.3) is 0 Å². The molecule has 0 aliphatic carbocycles. The fraction of sp³-hybridized carbons (Fsp3) is 0.600. The predicted octanol–water partition coefficient (Wildman–Crippen LogP) is 0.761. The smallest absolute Gasteiger partial charge is 0.244 e. The second-order valence-electron chi connectivity index (χ2n) is 3.92. The number of aromatic nitrogens is 2. The van der Waals surface area contributed by atoms with Crippen LogP contribution in [-0.4, -0.2) is 29.3 Å². The molecule has 1 N–H and O–H groups in total. The molecule has 0 fully saturated rings. The lowest BCUT2D eigenvalue weighted by Gasteiger charge is -2.25. The number of likely N-dealkylation sites (N-methyl/N-ethyl adjacent to an activating group) is 1. The normalized spacial score (nSPS) is 15.1. The summed E-state index contributed by atoms with van der Waals surface area (Å²) in [6, 6.07) is 0. The van der Waals surface area contributed by atoms with Crippen LogP contribution in [0.4, 0.5) is 11.5 Å². The number of hydrogen-bond acceptors (Lipinski definition) is 3. The first kappa shape index (κ1) is 10.0. The first-order valence-corrected chi connectivity index (χ1v) is 5.20. The Balaban J connectivity index is 2.46. The summed E-state index contributed by atoms with van der Waals surface area (Å²) in [6.45, 7) is 2.51. The van der Waals surface area contributed by atoms with Crippen molar-refractivity contribution in [1.29, 1.82) is 0 Å². The third-order valence-electron chi connectivity index (χ3n) is 2.58. The summed E-state index contributed by atoms with van der Waals surface area (Å²) in [5.41, 5.74) is 1.87. The Labute approximate surface area is 89.1 Å². The average Bonchev–Trinajstić information content (AvgIpc) is 2.43. The van der Waals surface area contributed by atoms with Gasteiger partial charge in [0.2, 0.25) is 5.91 Å². The van der Waals surface area contributed by atoms with Gasteiger partial charge in [0, 0.05) is 14.1 Å². The molecule has 1 amide bonds. The average molecular weight is 208 g/mol. The van der Waals surface area contributed by atoms with Gasteiger partial charge in [-0.25, -0.2) is 0 Å². The van der Waals surface area contributed by atoms with Crippen molar-refractivity contribution in [1.82, 2.24) is 9.78 Å². The summed E-state index contributed by atoms with van der Waals surface area (Å²) < 4.78 is 1.83. The summed E-state index contributed by atoms with van der Waals surface area (Å²) in [5, 5.41) is 7.33. The van der Waals surface area contributed by atoms with Gasteiger partial charge >= 0.3 is 0 Å². The van der Waals surface area contributed by atoms with E-state index in [2.05, 4.69) is 17.3 Å². The molecular formula is C10H16N4O. The number of hydrogen-bond donors (Lipinski definition) is 1. The fourth-order valence-electron chi connectivity index (χ4n) is 2.02. The largest absolute Gasteiger partial charge is 0.349 e. The molecule has 0 radical (unpaired) electrons. The van der Waals surface area contributed by atoms with Gasteiger partial charge in [0.15, 0.2) is 5.82 Å². The van der Waals surface area contributed by atoms with Crippen LogP contribution in [0.2, 0.25) is 0 Å². The second kappa shape index (κ2) is 3.56. The van der Waals surface area contributed by atoms with Gasteiger partial charge in [-0.1, -0.05) is 13.3 Å². The van der Waals surface area contributed by atoms with Crippen LogP contribution in [-0.2, 0) is 18.3 Å². The molecule has 0 atom stereocenters. The van der Waals surface area contributed by atoms with Crippen molar-refractivity contribution in [2.75, 3.05) is 23.8 Å². The lowest BCUT2D eigenvalue weighted by Crippen LogP contribution is -2.36. The van der Waals surface area contributed by atoms with Gasteiger partial charge in [-0.3, -0.25) is 9.48 Å². The first-order valence-electron chi connectivity index (χ1n) is 5.20. The second-order valence-corrected chi connectivity index (χ2v) is 3.92. The molecule has 0 bridgehead atoms. The van der Waals surface area contributed by atoms with Crippen LogP contribution in [0, 0.1) is 0 Å². The molecule has 2 heterocycles. The summed E-state index contributed by atoms with van der Waals surface area (Å²) >= 11 is 0. The lowest BCUT2D eigenvalue weighted by atomic mass is 10.2. The van der Waals surface area contributed by atoms with E-state index in [1.54, 1.807) is 0 Å². The Morgan fingerprint density at radius 2 is 2.20 bits per heavy atom. The third kappa shape index (κ3) is 1.58. The molecule has 5 nitrogen and oxygen atoms in total. The number of anilines is 2. The first-order chi connectivity index (χ1) is 7.13. The van der Waals surface area contributed by atoms with E-state index >= 15 is 0 Å².